The van der Waals surface area contributed by atoms with Crippen LogP contribution >= 0.6 is 0 Å². The van der Waals surface area contributed by atoms with Crippen molar-refractivity contribution in [2.24, 2.45) is 0 Å². The Morgan fingerprint density at radius 1 is 1.26 bits per heavy atom. The second kappa shape index (κ2) is 7.50. The summed E-state index contributed by atoms with van der Waals surface area (Å²) in [7, 11) is 2.94. The van der Waals surface area contributed by atoms with Gasteiger partial charge in [-0.1, -0.05) is 18.2 Å². The predicted octanol–water partition coefficient (Wildman–Crippen LogP) is 0.662. The lowest BCUT2D eigenvalue weighted by Crippen LogP contribution is -2.35. The first kappa shape index (κ1) is 15.1. The van der Waals surface area contributed by atoms with Crippen LogP contribution < -0.4 is 5.32 Å². The first-order chi connectivity index (χ1) is 9.08. The van der Waals surface area contributed by atoms with Crippen LogP contribution in [-0.4, -0.2) is 44.0 Å². The first-order valence-corrected chi connectivity index (χ1v) is 5.72. The Morgan fingerprint density at radius 3 is 2.47 bits per heavy atom. The summed E-state index contributed by atoms with van der Waals surface area (Å²) < 4.78 is 9.86. The molecule has 0 saturated carbocycles. The third-order valence-electron chi connectivity index (χ3n) is 2.59. The number of carbonyl (C=O) groups is 2. The van der Waals surface area contributed by atoms with E-state index in [0.29, 0.717) is 5.56 Å². The lowest BCUT2D eigenvalue weighted by atomic mass is 10.0. The van der Waals surface area contributed by atoms with Gasteiger partial charge in [0, 0.05) is 14.2 Å². The van der Waals surface area contributed by atoms with E-state index in [9.17, 15) is 9.59 Å². The molecule has 0 unspecified atom stereocenters. The number of hydrogen-bond acceptors (Lipinski definition) is 4. The fourth-order valence-corrected chi connectivity index (χ4v) is 1.58. The van der Waals surface area contributed by atoms with E-state index in [1.54, 1.807) is 18.2 Å². The maximum absolute atomic E-state index is 11.7. The van der Waals surface area contributed by atoms with Crippen molar-refractivity contribution < 1.29 is 24.2 Å². The average molecular weight is 267 g/mol. The molecule has 0 saturated heterocycles. The van der Waals surface area contributed by atoms with Gasteiger partial charge in [-0.25, -0.2) is 4.79 Å². The van der Waals surface area contributed by atoms with Crippen molar-refractivity contribution in [3.05, 3.63) is 35.4 Å². The van der Waals surface area contributed by atoms with E-state index in [-0.39, 0.29) is 24.4 Å². The molecule has 1 rings (SSSR count). The number of rotatable bonds is 7. The van der Waals surface area contributed by atoms with E-state index < -0.39 is 12.3 Å². The highest BCUT2D eigenvalue weighted by molar-refractivity contribution is 5.91. The summed E-state index contributed by atoms with van der Waals surface area (Å²) >= 11 is 0. The molecule has 0 radical (unpaired) electrons. The van der Waals surface area contributed by atoms with Gasteiger partial charge >= 0.3 is 5.97 Å². The number of benzene rings is 1. The molecule has 0 bridgehead atoms. The molecule has 1 aromatic carbocycles. The van der Waals surface area contributed by atoms with Crippen molar-refractivity contribution in [2.75, 3.05) is 20.8 Å². The summed E-state index contributed by atoms with van der Waals surface area (Å²) in [5.41, 5.74) is 0.603. The van der Waals surface area contributed by atoms with Crippen molar-refractivity contribution in [1.29, 1.82) is 0 Å². The lowest BCUT2D eigenvalue weighted by molar-refractivity contribution is -0.126. The highest BCUT2D eigenvalue weighted by Gasteiger charge is 2.13. The zero-order valence-corrected chi connectivity index (χ0v) is 10.9. The molecule has 6 heteroatoms. The summed E-state index contributed by atoms with van der Waals surface area (Å²) in [4.78, 5) is 22.7. The highest BCUT2D eigenvalue weighted by atomic mass is 16.7. The number of methoxy groups -OCH3 is 2. The summed E-state index contributed by atoms with van der Waals surface area (Å²) in [5, 5.41) is 11.6. The molecule has 1 aromatic rings. The fourth-order valence-electron chi connectivity index (χ4n) is 1.58. The van der Waals surface area contributed by atoms with Crippen LogP contribution in [0.1, 0.15) is 15.9 Å². The van der Waals surface area contributed by atoms with Crippen molar-refractivity contribution in [3.8, 4) is 0 Å². The second-order valence-corrected chi connectivity index (χ2v) is 3.84. The van der Waals surface area contributed by atoms with Gasteiger partial charge in [0.2, 0.25) is 5.91 Å². The van der Waals surface area contributed by atoms with E-state index in [0.717, 1.165) is 0 Å². The summed E-state index contributed by atoms with van der Waals surface area (Å²) in [6, 6.07) is 6.41. The molecule has 0 aliphatic carbocycles. The van der Waals surface area contributed by atoms with Crippen molar-refractivity contribution in [1.82, 2.24) is 5.32 Å². The van der Waals surface area contributed by atoms with Crippen LogP contribution in [0, 0.1) is 0 Å². The van der Waals surface area contributed by atoms with Gasteiger partial charge in [-0.05, 0) is 11.6 Å². The van der Waals surface area contributed by atoms with Crippen LogP contribution in [0.4, 0.5) is 0 Å². The molecule has 0 spiro atoms. The van der Waals surface area contributed by atoms with Crippen LogP contribution in [0.15, 0.2) is 24.3 Å². The monoisotopic (exact) mass is 267 g/mol. The molecule has 1 amide bonds. The van der Waals surface area contributed by atoms with Crippen LogP contribution in [0.3, 0.4) is 0 Å². The quantitative estimate of drug-likeness (QED) is 0.709. The van der Waals surface area contributed by atoms with Crippen LogP contribution in [0.2, 0.25) is 0 Å². The molecular formula is C13H17NO5. The van der Waals surface area contributed by atoms with Gasteiger partial charge in [0.1, 0.15) is 0 Å². The van der Waals surface area contributed by atoms with Gasteiger partial charge < -0.3 is 19.9 Å². The Morgan fingerprint density at radius 2 is 1.89 bits per heavy atom. The van der Waals surface area contributed by atoms with E-state index in [4.69, 9.17) is 14.6 Å². The molecule has 2 N–H and O–H groups in total. The van der Waals surface area contributed by atoms with E-state index >= 15 is 0 Å². The van der Waals surface area contributed by atoms with E-state index in [1.807, 2.05) is 0 Å². The van der Waals surface area contributed by atoms with Crippen molar-refractivity contribution in [3.63, 3.8) is 0 Å². The molecular weight excluding hydrogens is 250 g/mol. The predicted molar refractivity (Wildman–Crippen MR) is 67.9 cm³/mol. The third-order valence-corrected chi connectivity index (χ3v) is 2.59. The number of aromatic carboxylic acids is 1. The SMILES string of the molecule is COC(CNC(=O)Cc1ccccc1C(=O)O)OC. The molecule has 0 aromatic heterocycles. The van der Waals surface area contributed by atoms with Gasteiger partial charge in [0.15, 0.2) is 6.29 Å². The largest absolute Gasteiger partial charge is 0.478 e. The number of ether oxygens (including phenoxy) is 2. The molecule has 0 aliphatic heterocycles. The minimum absolute atomic E-state index is 0.00260. The number of carbonyl (C=O) groups excluding carboxylic acids is 1. The minimum Gasteiger partial charge on any atom is -0.478 e. The Balaban J connectivity index is 2.60. The zero-order chi connectivity index (χ0) is 14.3. The highest BCUT2D eigenvalue weighted by Crippen LogP contribution is 2.09. The van der Waals surface area contributed by atoms with Gasteiger partial charge in [0.25, 0.3) is 0 Å². The van der Waals surface area contributed by atoms with Gasteiger partial charge in [-0.2, -0.15) is 0 Å². The lowest BCUT2D eigenvalue weighted by Gasteiger charge is -2.14. The molecule has 0 fully saturated rings. The maximum atomic E-state index is 11.7. The number of carboxylic acid groups (broad SMARTS) is 1. The molecule has 19 heavy (non-hydrogen) atoms. The maximum Gasteiger partial charge on any atom is 0.335 e. The van der Waals surface area contributed by atoms with E-state index in [1.165, 1.54) is 20.3 Å². The second-order valence-electron chi connectivity index (χ2n) is 3.84. The van der Waals surface area contributed by atoms with E-state index in [2.05, 4.69) is 5.32 Å². The molecule has 6 nitrogen and oxygen atoms in total. The minimum atomic E-state index is -1.05. The smallest absolute Gasteiger partial charge is 0.335 e. The van der Waals surface area contributed by atoms with Crippen LogP contribution in [-0.2, 0) is 20.7 Å². The van der Waals surface area contributed by atoms with Crippen molar-refractivity contribution >= 4 is 11.9 Å². The van der Waals surface area contributed by atoms with Crippen molar-refractivity contribution in [2.45, 2.75) is 12.7 Å². The topological polar surface area (TPSA) is 84.9 Å². The summed E-state index contributed by atoms with van der Waals surface area (Å²) in [6.45, 7) is 0.209. The Hall–Kier alpha value is -1.92. The number of hydrogen-bond donors (Lipinski definition) is 2. The Labute approximate surface area is 111 Å². The number of nitrogens with one attached hydrogen (secondary N) is 1. The standard InChI is InChI=1S/C13H17NO5/c1-18-12(19-2)8-14-11(15)7-9-5-3-4-6-10(9)13(16)17/h3-6,12H,7-8H2,1-2H3,(H,14,15)(H,16,17). The van der Waals surface area contributed by atoms with Gasteiger partial charge in [-0.15, -0.1) is 0 Å². The van der Waals surface area contributed by atoms with Gasteiger partial charge in [0.05, 0.1) is 18.5 Å². The normalized spacial score (nSPS) is 10.5. The fraction of sp³-hybridized carbons (Fsp3) is 0.385. The van der Waals surface area contributed by atoms with Crippen LogP contribution in [0.5, 0.6) is 0 Å². The first-order valence-electron chi connectivity index (χ1n) is 5.72. The molecule has 0 aliphatic rings. The zero-order valence-electron chi connectivity index (χ0n) is 10.9. The molecule has 0 heterocycles. The average Bonchev–Trinajstić information content (AvgIpc) is 2.40. The summed E-state index contributed by atoms with van der Waals surface area (Å²) in [5.74, 6) is -1.33. The molecule has 104 valence electrons. The van der Waals surface area contributed by atoms with Gasteiger partial charge in [-0.3, -0.25) is 4.79 Å². The van der Waals surface area contributed by atoms with Crippen LogP contribution in [0.25, 0.3) is 0 Å². The number of amides is 1. The third kappa shape index (κ3) is 4.69. The number of carboxylic acids is 1. The summed E-state index contributed by atoms with van der Waals surface area (Å²) in [6.07, 6.45) is -0.513. The Bertz CT molecular complexity index is 442. The molecule has 0 atom stereocenters. The Kier molecular flexibility index (Phi) is 5.98.